The van der Waals surface area contributed by atoms with E-state index in [1.165, 1.54) is 11.1 Å². The van der Waals surface area contributed by atoms with Crippen molar-refractivity contribution in [3.8, 4) is 5.75 Å². The van der Waals surface area contributed by atoms with Crippen molar-refractivity contribution in [2.24, 2.45) is 11.8 Å². The molecule has 0 N–H and O–H groups in total. The van der Waals surface area contributed by atoms with Gasteiger partial charge in [-0.15, -0.1) is 0 Å². The summed E-state index contributed by atoms with van der Waals surface area (Å²) in [5.41, 5.74) is 2.51. The lowest BCUT2D eigenvalue weighted by Crippen LogP contribution is -2.22. The summed E-state index contributed by atoms with van der Waals surface area (Å²) in [6.07, 6.45) is 0.578. The molecular formula is C17H25BrO2. The third-order valence-corrected chi connectivity index (χ3v) is 5.52. The maximum absolute atomic E-state index is 5.99. The molecule has 20 heavy (non-hydrogen) atoms. The number of halogens is 1. The first-order chi connectivity index (χ1) is 9.45. The topological polar surface area (TPSA) is 18.5 Å². The van der Waals surface area contributed by atoms with Crippen molar-refractivity contribution >= 4 is 15.9 Å². The maximum Gasteiger partial charge on any atom is 0.123 e. The predicted molar refractivity (Wildman–Crippen MR) is 86.7 cm³/mol. The molecule has 0 saturated carbocycles. The predicted octanol–water partition coefficient (Wildman–Crippen LogP) is 4.89. The van der Waals surface area contributed by atoms with Crippen molar-refractivity contribution in [3.05, 3.63) is 29.3 Å². The number of hydrogen-bond donors (Lipinski definition) is 0. The lowest BCUT2D eigenvalue weighted by molar-refractivity contribution is 0.0510. The Morgan fingerprint density at radius 3 is 2.50 bits per heavy atom. The van der Waals surface area contributed by atoms with Crippen LogP contribution >= 0.6 is 15.9 Å². The molecule has 112 valence electrons. The second-order valence-electron chi connectivity index (χ2n) is 5.86. The molecule has 5 atom stereocenters. The van der Waals surface area contributed by atoms with E-state index in [2.05, 4.69) is 61.8 Å². The molecular weight excluding hydrogens is 316 g/mol. The minimum Gasteiger partial charge on any atom is -0.494 e. The van der Waals surface area contributed by atoms with Crippen molar-refractivity contribution in [1.82, 2.24) is 0 Å². The third-order valence-electron chi connectivity index (χ3n) is 4.42. The molecule has 0 aliphatic carbocycles. The number of hydrogen-bond acceptors (Lipinski definition) is 2. The summed E-state index contributed by atoms with van der Waals surface area (Å²) in [5, 5.41) is 0. The first-order valence-corrected chi connectivity index (χ1v) is 8.40. The Kier molecular flexibility index (Phi) is 5.14. The zero-order valence-electron chi connectivity index (χ0n) is 13.0. The minimum absolute atomic E-state index is 0.263. The summed E-state index contributed by atoms with van der Waals surface area (Å²) in [7, 11) is 0. The van der Waals surface area contributed by atoms with Crippen LogP contribution in [-0.2, 0) is 4.74 Å². The van der Waals surface area contributed by atoms with Gasteiger partial charge in [-0.05, 0) is 39.7 Å². The minimum atomic E-state index is 0.263. The summed E-state index contributed by atoms with van der Waals surface area (Å²) in [6, 6.07) is 6.42. The highest BCUT2D eigenvalue weighted by Crippen LogP contribution is 2.47. The summed E-state index contributed by atoms with van der Waals surface area (Å²) in [6.45, 7) is 11.5. The van der Waals surface area contributed by atoms with Crippen molar-refractivity contribution in [2.75, 3.05) is 6.61 Å². The maximum atomic E-state index is 5.99. The van der Waals surface area contributed by atoms with Gasteiger partial charge in [-0.3, -0.25) is 0 Å². The first kappa shape index (κ1) is 15.8. The molecule has 1 saturated heterocycles. The van der Waals surface area contributed by atoms with Gasteiger partial charge in [-0.2, -0.15) is 0 Å². The van der Waals surface area contributed by atoms with Crippen LogP contribution in [0.25, 0.3) is 0 Å². The van der Waals surface area contributed by atoms with E-state index in [1.807, 2.05) is 6.92 Å². The number of rotatable bonds is 4. The van der Waals surface area contributed by atoms with Crippen molar-refractivity contribution in [2.45, 2.75) is 51.7 Å². The Hall–Kier alpha value is -0.540. The third kappa shape index (κ3) is 3.04. The SMILES string of the molecule is CCOc1ccc(C)cc1C(Br)C1C(C)OC(C)C1C. The van der Waals surface area contributed by atoms with Gasteiger partial charge in [0.05, 0.1) is 18.8 Å². The molecule has 1 aromatic rings. The first-order valence-electron chi connectivity index (χ1n) is 7.48. The van der Waals surface area contributed by atoms with E-state index in [1.54, 1.807) is 0 Å². The van der Waals surface area contributed by atoms with Crippen LogP contribution in [0.15, 0.2) is 18.2 Å². The Labute approximate surface area is 131 Å². The molecule has 0 radical (unpaired) electrons. The van der Waals surface area contributed by atoms with E-state index in [0.29, 0.717) is 24.5 Å². The Balaban J connectivity index is 2.32. The van der Waals surface area contributed by atoms with Crippen LogP contribution in [0, 0.1) is 18.8 Å². The second-order valence-corrected chi connectivity index (χ2v) is 6.85. The fourth-order valence-corrected chi connectivity index (χ4v) is 4.44. The Bertz CT molecular complexity index is 460. The van der Waals surface area contributed by atoms with Crippen LogP contribution in [0.3, 0.4) is 0 Å². The molecule has 0 aromatic heterocycles. The number of ether oxygens (including phenoxy) is 2. The molecule has 1 heterocycles. The van der Waals surface area contributed by atoms with Gasteiger partial charge in [0.15, 0.2) is 0 Å². The molecule has 2 nitrogen and oxygen atoms in total. The molecule has 3 heteroatoms. The zero-order valence-corrected chi connectivity index (χ0v) is 14.6. The van der Waals surface area contributed by atoms with Gasteiger partial charge < -0.3 is 9.47 Å². The van der Waals surface area contributed by atoms with Crippen LogP contribution in [0.2, 0.25) is 0 Å². The normalized spacial score (nSPS) is 31.3. The van der Waals surface area contributed by atoms with Gasteiger partial charge in [0, 0.05) is 16.3 Å². The fraction of sp³-hybridized carbons (Fsp3) is 0.647. The number of aryl methyl sites for hydroxylation is 1. The number of alkyl halides is 1. The van der Waals surface area contributed by atoms with Crippen molar-refractivity contribution in [3.63, 3.8) is 0 Å². The second kappa shape index (κ2) is 6.48. The molecule has 1 aliphatic heterocycles. The quantitative estimate of drug-likeness (QED) is 0.726. The molecule has 0 amide bonds. The van der Waals surface area contributed by atoms with E-state index in [9.17, 15) is 0 Å². The smallest absolute Gasteiger partial charge is 0.123 e. The zero-order chi connectivity index (χ0) is 14.9. The van der Waals surface area contributed by atoms with Crippen molar-refractivity contribution < 1.29 is 9.47 Å². The molecule has 0 bridgehead atoms. The van der Waals surface area contributed by atoms with Crippen LogP contribution in [0.5, 0.6) is 5.75 Å². The van der Waals surface area contributed by atoms with E-state index in [4.69, 9.17) is 9.47 Å². The van der Waals surface area contributed by atoms with E-state index in [0.717, 1.165) is 5.75 Å². The standard InChI is InChI=1S/C17H25BrO2/c1-6-19-15-8-7-10(2)9-14(15)17(18)16-11(3)12(4)20-13(16)5/h7-9,11-13,16-17H,6H2,1-5H3. The van der Waals surface area contributed by atoms with Gasteiger partial charge in [0.2, 0.25) is 0 Å². The number of benzene rings is 1. The van der Waals surface area contributed by atoms with E-state index in [-0.39, 0.29) is 10.9 Å². The van der Waals surface area contributed by atoms with Gasteiger partial charge in [-0.25, -0.2) is 0 Å². The largest absolute Gasteiger partial charge is 0.494 e. The van der Waals surface area contributed by atoms with Gasteiger partial charge in [0.25, 0.3) is 0 Å². The van der Waals surface area contributed by atoms with Crippen LogP contribution < -0.4 is 4.74 Å². The molecule has 5 unspecified atom stereocenters. The average molecular weight is 341 g/mol. The van der Waals surface area contributed by atoms with Gasteiger partial charge in [0.1, 0.15) is 5.75 Å². The molecule has 1 aromatic carbocycles. The highest BCUT2D eigenvalue weighted by atomic mass is 79.9. The van der Waals surface area contributed by atoms with E-state index >= 15 is 0 Å². The van der Waals surface area contributed by atoms with Gasteiger partial charge in [-0.1, -0.05) is 40.5 Å². The van der Waals surface area contributed by atoms with E-state index < -0.39 is 0 Å². The van der Waals surface area contributed by atoms with Crippen molar-refractivity contribution in [1.29, 1.82) is 0 Å². The summed E-state index contributed by atoms with van der Waals surface area (Å²) in [5.74, 6) is 1.98. The Morgan fingerprint density at radius 1 is 1.25 bits per heavy atom. The Morgan fingerprint density at radius 2 is 1.95 bits per heavy atom. The van der Waals surface area contributed by atoms with Crippen LogP contribution in [0.4, 0.5) is 0 Å². The highest BCUT2D eigenvalue weighted by Gasteiger charge is 2.42. The summed E-state index contributed by atoms with van der Waals surface area (Å²) >= 11 is 3.92. The van der Waals surface area contributed by atoms with Crippen LogP contribution in [0.1, 0.15) is 43.6 Å². The molecule has 0 spiro atoms. The molecule has 2 rings (SSSR count). The average Bonchev–Trinajstić information content (AvgIpc) is 2.65. The molecule has 1 aliphatic rings. The highest BCUT2D eigenvalue weighted by molar-refractivity contribution is 9.09. The van der Waals surface area contributed by atoms with Gasteiger partial charge >= 0.3 is 0 Å². The van der Waals surface area contributed by atoms with Crippen LogP contribution in [-0.4, -0.2) is 18.8 Å². The summed E-state index contributed by atoms with van der Waals surface area (Å²) < 4.78 is 11.8. The summed E-state index contributed by atoms with van der Waals surface area (Å²) in [4.78, 5) is 0.263. The lowest BCUT2D eigenvalue weighted by atomic mass is 9.84. The molecule has 1 fully saturated rings. The lowest BCUT2D eigenvalue weighted by Gasteiger charge is -2.26. The fourth-order valence-electron chi connectivity index (χ4n) is 3.18. The monoisotopic (exact) mass is 340 g/mol.